The minimum atomic E-state index is 0.714. The average Bonchev–Trinajstić information content (AvgIpc) is 3.04. The number of nitrogen functional groups attached to an aromatic ring is 3. The SMILES string of the molecule is Nc1ccc(Nc2ccc(Cc3ccc(Nc4ccc(N)c(Cc5ccc6cc7cc(N)ccc7nc6c5)c4)cc3)cc2)cc1. The number of nitrogens with one attached hydrogen (secondary N) is 2. The van der Waals surface area contributed by atoms with E-state index in [1.165, 1.54) is 11.1 Å². The predicted octanol–water partition coefficient (Wildman–Crippen LogP) is 8.80. The van der Waals surface area contributed by atoms with Gasteiger partial charge in [0, 0.05) is 50.6 Å². The lowest BCUT2D eigenvalue weighted by Crippen LogP contribution is -1.99. The van der Waals surface area contributed by atoms with Crippen LogP contribution in [-0.4, -0.2) is 4.98 Å². The summed E-state index contributed by atoms with van der Waals surface area (Å²) in [5.41, 5.74) is 31.1. The summed E-state index contributed by atoms with van der Waals surface area (Å²) in [6.45, 7) is 0. The standard InChI is InChI=1S/C39H34N6/c40-31-7-14-35(15-8-31)43-33-10-2-25(3-11-33)19-26-4-12-34(13-5-26)44-36-16-17-37(42)29(24-36)20-27-1-6-28-22-30-23-32(41)9-18-38(30)45-39(28)21-27/h1-18,21-24,43-44H,19-20,40-42H2. The Labute approximate surface area is 262 Å². The molecule has 8 N–H and O–H groups in total. The summed E-state index contributed by atoms with van der Waals surface area (Å²) in [6, 6.07) is 45.3. The second kappa shape index (κ2) is 11.9. The van der Waals surface area contributed by atoms with E-state index in [2.05, 4.69) is 89.5 Å². The lowest BCUT2D eigenvalue weighted by atomic mass is 10.0. The van der Waals surface area contributed by atoms with Crippen LogP contribution < -0.4 is 27.8 Å². The van der Waals surface area contributed by atoms with Crippen molar-refractivity contribution in [3.63, 3.8) is 0 Å². The Hall–Kier alpha value is -6.01. The molecule has 220 valence electrons. The molecule has 0 radical (unpaired) electrons. The molecule has 0 fully saturated rings. The third-order valence-electron chi connectivity index (χ3n) is 8.04. The van der Waals surface area contributed by atoms with Crippen LogP contribution in [0.25, 0.3) is 21.8 Å². The van der Waals surface area contributed by atoms with Crippen molar-refractivity contribution in [3.05, 3.63) is 156 Å². The average molecular weight is 587 g/mol. The van der Waals surface area contributed by atoms with Crippen LogP contribution in [0, 0.1) is 0 Å². The van der Waals surface area contributed by atoms with Crippen LogP contribution in [0.3, 0.4) is 0 Å². The van der Waals surface area contributed by atoms with Gasteiger partial charge in [0.15, 0.2) is 0 Å². The van der Waals surface area contributed by atoms with Gasteiger partial charge in [0.05, 0.1) is 11.0 Å². The summed E-state index contributed by atoms with van der Waals surface area (Å²) >= 11 is 0. The minimum Gasteiger partial charge on any atom is -0.399 e. The zero-order chi connectivity index (χ0) is 30.8. The fourth-order valence-electron chi connectivity index (χ4n) is 5.61. The molecule has 6 nitrogen and oxygen atoms in total. The molecule has 0 amide bonds. The maximum absolute atomic E-state index is 6.41. The van der Waals surface area contributed by atoms with Crippen LogP contribution in [0.2, 0.25) is 0 Å². The van der Waals surface area contributed by atoms with Crippen LogP contribution in [0.4, 0.5) is 39.8 Å². The summed E-state index contributed by atoms with van der Waals surface area (Å²) in [7, 11) is 0. The van der Waals surface area contributed by atoms with E-state index in [-0.39, 0.29) is 0 Å². The maximum Gasteiger partial charge on any atom is 0.0712 e. The van der Waals surface area contributed by atoms with Crippen LogP contribution in [0.5, 0.6) is 0 Å². The van der Waals surface area contributed by atoms with Gasteiger partial charge in [0.25, 0.3) is 0 Å². The molecule has 0 unspecified atom stereocenters. The predicted molar refractivity (Wildman–Crippen MR) is 190 cm³/mol. The van der Waals surface area contributed by atoms with Crippen molar-refractivity contribution in [2.45, 2.75) is 12.8 Å². The first-order chi connectivity index (χ1) is 21.9. The molecular weight excluding hydrogens is 552 g/mol. The molecule has 6 aromatic carbocycles. The number of pyridine rings is 1. The van der Waals surface area contributed by atoms with Gasteiger partial charge in [-0.1, -0.05) is 36.4 Å². The second-order valence-electron chi connectivity index (χ2n) is 11.5. The van der Waals surface area contributed by atoms with Gasteiger partial charge in [0.1, 0.15) is 0 Å². The van der Waals surface area contributed by atoms with Crippen molar-refractivity contribution in [2.75, 3.05) is 27.8 Å². The zero-order valence-electron chi connectivity index (χ0n) is 24.8. The lowest BCUT2D eigenvalue weighted by molar-refractivity contribution is 1.19. The highest BCUT2D eigenvalue weighted by Crippen LogP contribution is 2.27. The van der Waals surface area contributed by atoms with Gasteiger partial charge in [0.2, 0.25) is 0 Å². The number of benzene rings is 6. The lowest BCUT2D eigenvalue weighted by Gasteiger charge is -2.12. The Kier molecular flexibility index (Phi) is 7.37. The third-order valence-corrected chi connectivity index (χ3v) is 8.04. The summed E-state index contributed by atoms with van der Waals surface area (Å²) in [5, 5.41) is 9.09. The highest BCUT2D eigenvalue weighted by molar-refractivity contribution is 5.94. The molecule has 0 spiro atoms. The van der Waals surface area contributed by atoms with Gasteiger partial charge >= 0.3 is 0 Å². The van der Waals surface area contributed by atoms with Gasteiger partial charge in [-0.25, -0.2) is 4.98 Å². The Balaban J connectivity index is 1.00. The molecule has 0 atom stereocenters. The van der Waals surface area contributed by atoms with E-state index in [1.807, 2.05) is 54.6 Å². The van der Waals surface area contributed by atoms with Crippen molar-refractivity contribution in [3.8, 4) is 0 Å². The molecule has 1 heterocycles. The molecule has 0 aliphatic rings. The summed E-state index contributed by atoms with van der Waals surface area (Å²) in [5.74, 6) is 0. The largest absolute Gasteiger partial charge is 0.399 e. The number of nitrogens with zero attached hydrogens (tertiary/aromatic N) is 1. The molecule has 6 heteroatoms. The quantitative estimate of drug-likeness (QED) is 0.0898. The van der Waals surface area contributed by atoms with Crippen molar-refractivity contribution in [2.24, 2.45) is 0 Å². The molecule has 1 aromatic heterocycles. The Bertz CT molecular complexity index is 2120. The first-order valence-electron chi connectivity index (χ1n) is 15.0. The second-order valence-corrected chi connectivity index (χ2v) is 11.5. The highest BCUT2D eigenvalue weighted by atomic mass is 14.9. The first kappa shape index (κ1) is 27.8. The molecule has 0 bridgehead atoms. The molecular formula is C39H34N6. The van der Waals surface area contributed by atoms with Gasteiger partial charge in [-0.2, -0.15) is 0 Å². The topological polar surface area (TPSA) is 115 Å². The van der Waals surface area contributed by atoms with E-state index in [9.17, 15) is 0 Å². The summed E-state index contributed by atoms with van der Waals surface area (Å²) in [6.07, 6.45) is 1.57. The minimum absolute atomic E-state index is 0.714. The third kappa shape index (κ3) is 6.50. The molecule has 0 saturated carbocycles. The number of hydrogen-bond donors (Lipinski definition) is 5. The van der Waals surface area contributed by atoms with E-state index in [1.54, 1.807) is 0 Å². The fourth-order valence-corrected chi connectivity index (χ4v) is 5.61. The number of aromatic nitrogens is 1. The number of rotatable bonds is 8. The first-order valence-corrected chi connectivity index (χ1v) is 15.0. The van der Waals surface area contributed by atoms with Crippen molar-refractivity contribution in [1.29, 1.82) is 0 Å². The number of fused-ring (bicyclic) bond motifs is 2. The number of anilines is 7. The van der Waals surface area contributed by atoms with Crippen LogP contribution in [0.15, 0.2) is 133 Å². The van der Waals surface area contributed by atoms with Crippen molar-refractivity contribution in [1.82, 2.24) is 4.98 Å². The molecule has 0 aliphatic carbocycles. The van der Waals surface area contributed by atoms with Gasteiger partial charge in [-0.15, -0.1) is 0 Å². The van der Waals surface area contributed by atoms with Crippen LogP contribution in [0.1, 0.15) is 22.3 Å². The van der Waals surface area contributed by atoms with E-state index >= 15 is 0 Å². The highest BCUT2D eigenvalue weighted by Gasteiger charge is 2.07. The van der Waals surface area contributed by atoms with Crippen molar-refractivity contribution >= 4 is 61.6 Å². The molecule has 0 saturated heterocycles. The fraction of sp³-hybridized carbons (Fsp3) is 0.0513. The zero-order valence-corrected chi connectivity index (χ0v) is 24.8. The normalized spacial score (nSPS) is 11.1. The monoisotopic (exact) mass is 586 g/mol. The maximum atomic E-state index is 6.41. The number of nitrogens with two attached hydrogens (primary N) is 3. The van der Waals surface area contributed by atoms with E-state index in [0.717, 1.165) is 79.2 Å². The van der Waals surface area contributed by atoms with Crippen molar-refractivity contribution < 1.29 is 0 Å². The van der Waals surface area contributed by atoms with E-state index in [4.69, 9.17) is 22.2 Å². The van der Waals surface area contributed by atoms with E-state index < -0.39 is 0 Å². The van der Waals surface area contributed by atoms with Crippen LogP contribution >= 0.6 is 0 Å². The molecule has 0 aliphatic heterocycles. The smallest absolute Gasteiger partial charge is 0.0712 e. The van der Waals surface area contributed by atoms with E-state index in [0.29, 0.717) is 6.42 Å². The van der Waals surface area contributed by atoms with Gasteiger partial charge in [-0.3, -0.25) is 0 Å². The Morgan fingerprint density at radius 3 is 1.69 bits per heavy atom. The van der Waals surface area contributed by atoms with Gasteiger partial charge in [-0.05, 0) is 132 Å². The Morgan fingerprint density at radius 2 is 1.00 bits per heavy atom. The molecule has 45 heavy (non-hydrogen) atoms. The molecule has 7 rings (SSSR count). The number of hydrogen-bond acceptors (Lipinski definition) is 6. The Morgan fingerprint density at radius 1 is 0.422 bits per heavy atom. The molecule has 7 aromatic rings. The summed E-state index contributed by atoms with van der Waals surface area (Å²) in [4.78, 5) is 4.87. The van der Waals surface area contributed by atoms with Crippen LogP contribution in [-0.2, 0) is 12.8 Å². The summed E-state index contributed by atoms with van der Waals surface area (Å²) < 4.78 is 0. The van der Waals surface area contributed by atoms with Gasteiger partial charge < -0.3 is 27.8 Å².